The number of ketones is 1. The monoisotopic (exact) mass is 514 g/mol. The summed E-state index contributed by atoms with van der Waals surface area (Å²) in [6.07, 6.45) is 8.83. The molecule has 8 heteroatoms. The maximum Gasteiger partial charge on any atom is 0.407 e. The molecule has 0 saturated heterocycles. The lowest BCUT2D eigenvalue weighted by molar-refractivity contribution is -0.150. The van der Waals surface area contributed by atoms with Crippen molar-refractivity contribution in [2.45, 2.75) is 78.4 Å². The number of benzene rings is 1. The summed E-state index contributed by atoms with van der Waals surface area (Å²) >= 11 is 0. The second-order valence-electron chi connectivity index (χ2n) is 9.95. The van der Waals surface area contributed by atoms with Gasteiger partial charge in [0, 0.05) is 25.3 Å². The van der Waals surface area contributed by atoms with Gasteiger partial charge in [-0.2, -0.15) is 0 Å². The van der Waals surface area contributed by atoms with Crippen LogP contribution in [0.5, 0.6) is 0 Å². The fourth-order valence-corrected chi connectivity index (χ4v) is 3.20. The average molecular weight is 515 g/mol. The van der Waals surface area contributed by atoms with Crippen LogP contribution in [0.25, 0.3) is 6.08 Å². The van der Waals surface area contributed by atoms with Crippen molar-refractivity contribution >= 4 is 29.8 Å². The van der Waals surface area contributed by atoms with E-state index in [1.807, 2.05) is 70.2 Å². The molecule has 0 fully saturated rings. The highest BCUT2D eigenvalue weighted by Crippen LogP contribution is 2.17. The molecule has 1 aromatic carbocycles. The van der Waals surface area contributed by atoms with Gasteiger partial charge in [-0.05, 0) is 52.2 Å². The number of nitrogens with one attached hydrogen (secondary N) is 2. The molecule has 1 unspecified atom stereocenters. The Balaban J connectivity index is 2.56. The summed E-state index contributed by atoms with van der Waals surface area (Å²) in [4.78, 5) is 47.1. The molecule has 204 valence electrons. The summed E-state index contributed by atoms with van der Waals surface area (Å²) in [5.74, 6) is -0.895. The molecule has 0 aliphatic heterocycles. The van der Waals surface area contributed by atoms with Crippen LogP contribution >= 0.6 is 0 Å². The van der Waals surface area contributed by atoms with E-state index in [1.165, 1.54) is 13.0 Å². The van der Waals surface area contributed by atoms with E-state index < -0.39 is 17.8 Å². The zero-order valence-electron chi connectivity index (χ0n) is 22.8. The lowest BCUT2D eigenvalue weighted by Gasteiger charge is -2.21. The molecule has 1 aromatic rings. The Morgan fingerprint density at radius 3 is 2.35 bits per heavy atom. The molecule has 2 N–H and O–H groups in total. The maximum atomic E-state index is 12.5. The number of rotatable bonds is 15. The molecule has 0 bridgehead atoms. The van der Waals surface area contributed by atoms with Gasteiger partial charge in [0.05, 0.1) is 6.54 Å². The van der Waals surface area contributed by atoms with Gasteiger partial charge in [0.25, 0.3) is 0 Å². The lowest BCUT2D eigenvalue weighted by Crippen LogP contribution is -2.33. The molecular weight excluding hydrogens is 472 g/mol. The summed E-state index contributed by atoms with van der Waals surface area (Å²) in [6.45, 7) is 9.24. The zero-order valence-corrected chi connectivity index (χ0v) is 22.8. The van der Waals surface area contributed by atoms with Crippen molar-refractivity contribution in [3.8, 4) is 0 Å². The fraction of sp³-hybridized carbons (Fsp3) is 0.517. The van der Waals surface area contributed by atoms with E-state index in [2.05, 4.69) is 10.6 Å². The highest BCUT2D eigenvalue weighted by atomic mass is 16.6. The smallest absolute Gasteiger partial charge is 0.407 e. The summed E-state index contributed by atoms with van der Waals surface area (Å²) in [5.41, 5.74) is 0.504. The standard InChI is InChI=1S/C29H42N2O6/c1-22(18-19-24-13-8-6-9-14-24)25(15-12-16-26(33)31-21-23(2)32)36-27(34)17-10-7-11-20-30-28(35)37-29(3,4)5/h6,8-9,12-14,16,18-19,22,25H,7,10-11,15,17,20-21H2,1-5H3,(H,30,35)(H,31,33)/b16-12+,19-18+/t22?,25-/m0/s1. The molecular formula is C29H42N2O6. The first-order chi connectivity index (χ1) is 17.5. The van der Waals surface area contributed by atoms with E-state index in [0.717, 1.165) is 18.4 Å². The molecule has 2 amide bonds. The molecule has 37 heavy (non-hydrogen) atoms. The van der Waals surface area contributed by atoms with E-state index in [-0.39, 0.29) is 36.5 Å². The number of esters is 1. The van der Waals surface area contributed by atoms with Crippen molar-refractivity contribution in [3.63, 3.8) is 0 Å². The van der Waals surface area contributed by atoms with Crippen LogP contribution in [-0.2, 0) is 23.9 Å². The van der Waals surface area contributed by atoms with E-state index in [4.69, 9.17) is 9.47 Å². The van der Waals surface area contributed by atoms with Gasteiger partial charge in [0.2, 0.25) is 5.91 Å². The van der Waals surface area contributed by atoms with Crippen LogP contribution in [0.3, 0.4) is 0 Å². The number of carbonyl (C=O) groups excluding carboxylic acids is 4. The van der Waals surface area contributed by atoms with E-state index >= 15 is 0 Å². The molecule has 0 spiro atoms. The minimum atomic E-state index is -0.536. The Bertz CT molecular complexity index is 918. The minimum Gasteiger partial charge on any atom is -0.461 e. The number of carbonyl (C=O) groups is 4. The quantitative estimate of drug-likeness (QED) is 0.194. The Morgan fingerprint density at radius 2 is 1.70 bits per heavy atom. The summed E-state index contributed by atoms with van der Waals surface area (Å²) in [7, 11) is 0. The predicted octanol–water partition coefficient (Wildman–Crippen LogP) is 4.98. The average Bonchev–Trinajstić information content (AvgIpc) is 2.82. The number of Topliss-reactive ketones (excluding diaryl/α,β-unsaturated/α-hetero) is 1. The van der Waals surface area contributed by atoms with Gasteiger partial charge in [-0.1, -0.05) is 61.9 Å². The summed E-state index contributed by atoms with van der Waals surface area (Å²) in [6, 6.07) is 9.82. The zero-order chi connectivity index (χ0) is 27.7. The molecule has 0 aliphatic rings. The Labute approximate surface area is 220 Å². The number of unbranched alkanes of at least 4 members (excludes halogenated alkanes) is 2. The number of alkyl carbamates (subject to hydrolysis) is 1. The largest absolute Gasteiger partial charge is 0.461 e. The third-order valence-corrected chi connectivity index (χ3v) is 5.14. The van der Waals surface area contributed by atoms with E-state index in [9.17, 15) is 19.2 Å². The first-order valence-corrected chi connectivity index (χ1v) is 12.8. The Kier molecular flexibility index (Phi) is 14.6. The SMILES string of the molecule is CC(=O)CNC(=O)/C=C/C[C@H](OC(=O)CCCCCNC(=O)OC(C)(C)C)C(C)/C=C/c1ccccc1. The van der Waals surface area contributed by atoms with Crippen LogP contribution in [0.2, 0.25) is 0 Å². The van der Waals surface area contributed by atoms with Crippen LogP contribution < -0.4 is 10.6 Å². The summed E-state index contributed by atoms with van der Waals surface area (Å²) < 4.78 is 11.0. The third-order valence-electron chi connectivity index (χ3n) is 5.14. The van der Waals surface area contributed by atoms with Crippen LogP contribution in [0.15, 0.2) is 48.6 Å². The Morgan fingerprint density at radius 1 is 1.00 bits per heavy atom. The molecule has 8 nitrogen and oxygen atoms in total. The van der Waals surface area contributed by atoms with E-state index in [0.29, 0.717) is 19.4 Å². The van der Waals surface area contributed by atoms with Crippen molar-refractivity contribution in [2.75, 3.05) is 13.1 Å². The van der Waals surface area contributed by atoms with E-state index in [1.54, 1.807) is 6.08 Å². The van der Waals surface area contributed by atoms with Gasteiger partial charge < -0.3 is 20.1 Å². The fourth-order valence-electron chi connectivity index (χ4n) is 3.20. The third kappa shape index (κ3) is 16.8. The molecule has 0 heterocycles. The first-order valence-electron chi connectivity index (χ1n) is 12.8. The van der Waals surface area contributed by atoms with Gasteiger partial charge in [-0.25, -0.2) is 4.79 Å². The number of ether oxygens (including phenoxy) is 2. The molecule has 1 rings (SSSR count). The highest BCUT2D eigenvalue weighted by molar-refractivity contribution is 5.91. The molecule has 0 radical (unpaired) electrons. The Hall–Kier alpha value is -3.42. The molecule has 0 aliphatic carbocycles. The molecule has 0 aromatic heterocycles. The van der Waals surface area contributed by atoms with Gasteiger partial charge in [0.15, 0.2) is 0 Å². The molecule has 2 atom stereocenters. The second kappa shape index (κ2) is 17.1. The van der Waals surface area contributed by atoms with Crippen molar-refractivity contribution in [1.29, 1.82) is 0 Å². The van der Waals surface area contributed by atoms with Crippen molar-refractivity contribution in [1.82, 2.24) is 10.6 Å². The van der Waals surface area contributed by atoms with Crippen LogP contribution in [0.4, 0.5) is 4.79 Å². The second-order valence-corrected chi connectivity index (χ2v) is 9.95. The number of hydrogen-bond acceptors (Lipinski definition) is 6. The minimum absolute atomic E-state index is 0.0227. The van der Waals surface area contributed by atoms with Crippen molar-refractivity contribution in [2.24, 2.45) is 5.92 Å². The van der Waals surface area contributed by atoms with Gasteiger partial charge in [-0.3, -0.25) is 14.4 Å². The predicted molar refractivity (Wildman–Crippen MR) is 145 cm³/mol. The van der Waals surface area contributed by atoms with Gasteiger partial charge >= 0.3 is 12.1 Å². The number of amides is 2. The van der Waals surface area contributed by atoms with Crippen molar-refractivity contribution in [3.05, 3.63) is 54.1 Å². The van der Waals surface area contributed by atoms with Crippen molar-refractivity contribution < 1.29 is 28.7 Å². The van der Waals surface area contributed by atoms with Gasteiger partial charge in [0.1, 0.15) is 17.5 Å². The van der Waals surface area contributed by atoms with Crippen LogP contribution in [-0.4, -0.2) is 48.5 Å². The molecule has 0 saturated carbocycles. The van der Waals surface area contributed by atoms with Gasteiger partial charge in [-0.15, -0.1) is 0 Å². The van der Waals surface area contributed by atoms with Crippen LogP contribution in [0, 0.1) is 5.92 Å². The van der Waals surface area contributed by atoms with Crippen LogP contribution in [0.1, 0.15) is 72.3 Å². The normalized spacial score (nSPS) is 13.2. The lowest BCUT2D eigenvalue weighted by atomic mass is 9.99. The summed E-state index contributed by atoms with van der Waals surface area (Å²) in [5, 5.41) is 5.21. The highest BCUT2D eigenvalue weighted by Gasteiger charge is 2.19. The number of hydrogen-bond donors (Lipinski definition) is 2. The topological polar surface area (TPSA) is 111 Å². The maximum absolute atomic E-state index is 12.5. The first kappa shape index (κ1) is 31.6.